The molecule has 0 fully saturated rings. The summed E-state index contributed by atoms with van der Waals surface area (Å²) in [5.41, 5.74) is 19.3. The average molecular weight is 447 g/mol. The van der Waals surface area contributed by atoms with E-state index in [9.17, 15) is 0 Å². The predicted octanol–water partition coefficient (Wildman–Crippen LogP) is 5.15. The molecule has 0 aliphatic heterocycles. The highest BCUT2D eigenvalue weighted by atomic mass is 35.5. The lowest BCUT2D eigenvalue weighted by Crippen LogP contribution is -2.14. The highest BCUT2D eigenvalue weighted by Crippen LogP contribution is 2.48. The molecule has 0 saturated heterocycles. The number of anilines is 2. The maximum atomic E-state index is 6.64. The molecule has 1 atom stereocenters. The summed E-state index contributed by atoms with van der Waals surface area (Å²) >= 11 is 13.3. The fourth-order valence-corrected chi connectivity index (χ4v) is 5.00. The number of hydrogen-bond donors (Lipinski definition) is 3. The van der Waals surface area contributed by atoms with Gasteiger partial charge in [-0.05, 0) is 37.7 Å². The van der Waals surface area contributed by atoms with E-state index in [1.807, 2.05) is 19.1 Å². The van der Waals surface area contributed by atoms with E-state index in [0.29, 0.717) is 32.9 Å². The van der Waals surface area contributed by atoms with Gasteiger partial charge in [0.15, 0.2) is 0 Å². The summed E-state index contributed by atoms with van der Waals surface area (Å²) < 4.78 is 10.8. The lowest BCUT2D eigenvalue weighted by atomic mass is 9.81. The second-order valence-electron chi connectivity index (χ2n) is 7.55. The Morgan fingerprint density at radius 1 is 1.07 bits per heavy atom. The lowest BCUT2D eigenvalue weighted by Gasteiger charge is -2.26. The van der Waals surface area contributed by atoms with Crippen LogP contribution in [-0.2, 0) is 12.8 Å². The summed E-state index contributed by atoms with van der Waals surface area (Å²) in [5.74, 6) is 1.20. The Bertz CT molecular complexity index is 1100. The standard InChI is InChI=1S/C22H24Cl2N4O2/c1-10-4-6-13(21(26)20(10)25)22-12-7-5-11(8-14(12)27-28-22)17-18(23)15(29-2)9-16(30-3)19(17)24/h4,6,9,11H,5,7-8,25-26H2,1-3H3,(H,27,28). The first-order chi connectivity index (χ1) is 14.4. The number of nitrogens with one attached hydrogen (secondary N) is 1. The van der Waals surface area contributed by atoms with Crippen molar-refractivity contribution in [2.24, 2.45) is 0 Å². The Morgan fingerprint density at radius 3 is 2.37 bits per heavy atom. The van der Waals surface area contributed by atoms with Crippen molar-refractivity contribution >= 4 is 34.6 Å². The molecule has 158 valence electrons. The van der Waals surface area contributed by atoms with Gasteiger partial charge in [-0.3, -0.25) is 5.10 Å². The van der Waals surface area contributed by atoms with Crippen LogP contribution >= 0.6 is 23.2 Å². The van der Waals surface area contributed by atoms with Crippen molar-refractivity contribution in [2.45, 2.75) is 32.1 Å². The van der Waals surface area contributed by atoms with Gasteiger partial charge in [-0.2, -0.15) is 5.10 Å². The van der Waals surface area contributed by atoms with E-state index in [4.69, 9.17) is 44.1 Å². The van der Waals surface area contributed by atoms with Crippen LogP contribution in [0, 0.1) is 6.92 Å². The van der Waals surface area contributed by atoms with Gasteiger partial charge in [-0.25, -0.2) is 0 Å². The molecule has 4 rings (SSSR count). The minimum Gasteiger partial charge on any atom is -0.495 e. The number of nitrogen functional groups attached to an aromatic ring is 2. The van der Waals surface area contributed by atoms with Gasteiger partial charge in [0.25, 0.3) is 0 Å². The van der Waals surface area contributed by atoms with Crippen LogP contribution in [0.4, 0.5) is 11.4 Å². The number of nitrogens with two attached hydrogens (primary N) is 2. The Balaban J connectivity index is 1.73. The number of benzene rings is 2. The zero-order valence-electron chi connectivity index (χ0n) is 17.1. The van der Waals surface area contributed by atoms with Crippen LogP contribution in [0.1, 0.15) is 34.7 Å². The van der Waals surface area contributed by atoms with E-state index < -0.39 is 0 Å². The second kappa shape index (κ2) is 7.93. The molecule has 2 aromatic carbocycles. The molecule has 0 bridgehead atoms. The highest BCUT2D eigenvalue weighted by molar-refractivity contribution is 6.38. The van der Waals surface area contributed by atoms with E-state index in [0.717, 1.165) is 52.9 Å². The molecule has 1 aliphatic carbocycles. The third-order valence-corrected chi connectivity index (χ3v) is 6.70. The number of aromatic amines is 1. The van der Waals surface area contributed by atoms with Crippen LogP contribution in [0.3, 0.4) is 0 Å². The number of aromatic nitrogens is 2. The SMILES string of the molecule is COc1cc(OC)c(Cl)c(C2CCc3c(-c4ccc(C)c(N)c4N)n[nH]c3C2)c1Cl. The Morgan fingerprint density at radius 2 is 1.73 bits per heavy atom. The molecular formula is C22H24Cl2N4O2. The molecule has 0 amide bonds. The smallest absolute Gasteiger partial charge is 0.141 e. The van der Waals surface area contributed by atoms with E-state index in [2.05, 4.69) is 10.2 Å². The fraction of sp³-hybridized carbons (Fsp3) is 0.318. The Hall–Kier alpha value is -2.57. The monoisotopic (exact) mass is 446 g/mol. The molecule has 30 heavy (non-hydrogen) atoms. The Kier molecular flexibility index (Phi) is 5.47. The van der Waals surface area contributed by atoms with Gasteiger partial charge in [-0.15, -0.1) is 0 Å². The second-order valence-corrected chi connectivity index (χ2v) is 8.31. The number of fused-ring (bicyclic) bond motifs is 1. The number of H-pyrrole nitrogens is 1. The first-order valence-corrected chi connectivity index (χ1v) is 10.4. The van der Waals surface area contributed by atoms with Gasteiger partial charge in [0.2, 0.25) is 0 Å². The van der Waals surface area contributed by atoms with Crippen LogP contribution in [0.25, 0.3) is 11.3 Å². The molecule has 8 heteroatoms. The average Bonchev–Trinajstić information content (AvgIpc) is 3.15. The van der Waals surface area contributed by atoms with E-state index in [-0.39, 0.29) is 5.92 Å². The van der Waals surface area contributed by atoms with Crippen molar-refractivity contribution in [2.75, 3.05) is 25.7 Å². The number of ether oxygens (including phenoxy) is 2. The van der Waals surface area contributed by atoms with Gasteiger partial charge < -0.3 is 20.9 Å². The van der Waals surface area contributed by atoms with Gasteiger partial charge in [0, 0.05) is 28.5 Å². The van der Waals surface area contributed by atoms with Crippen molar-refractivity contribution in [3.05, 3.63) is 50.6 Å². The maximum absolute atomic E-state index is 6.64. The van der Waals surface area contributed by atoms with Gasteiger partial charge in [-0.1, -0.05) is 35.3 Å². The lowest BCUT2D eigenvalue weighted by molar-refractivity contribution is 0.392. The molecule has 0 saturated carbocycles. The minimum atomic E-state index is 0.107. The third-order valence-electron chi connectivity index (χ3n) is 5.92. The summed E-state index contributed by atoms with van der Waals surface area (Å²) in [6.45, 7) is 1.94. The van der Waals surface area contributed by atoms with Crippen molar-refractivity contribution < 1.29 is 9.47 Å². The van der Waals surface area contributed by atoms with E-state index in [1.165, 1.54) is 0 Å². The minimum absolute atomic E-state index is 0.107. The number of hydrogen-bond acceptors (Lipinski definition) is 5. The third kappa shape index (κ3) is 3.24. The molecule has 1 aliphatic rings. The predicted molar refractivity (Wildman–Crippen MR) is 122 cm³/mol. The number of aryl methyl sites for hydroxylation is 1. The van der Waals surface area contributed by atoms with E-state index in [1.54, 1.807) is 20.3 Å². The van der Waals surface area contributed by atoms with Crippen molar-refractivity contribution in [3.8, 4) is 22.8 Å². The molecule has 6 nitrogen and oxygen atoms in total. The van der Waals surface area contributed by atoms with Gasteiger partial charge in [0.1, 0.15) is 11.5 Å². The van der Waals surface area contributed by atoms with Crippen LogP contribution in [0.5, 0.6) is 11.5 Å². The molecule has 1 heterocycles. The van der Waals surface area contributed by atoms with Crippen LogP contribution in [0.15, 0.2) is 18.2 Å². The molecule has 1 aromatic heterocycles. The summed E-state index contributed by atoms with van der Waals surface area (Å²) in [6.07, 6.45) is 2.39. The first-order valence-electron chi connectivity index (χ1n) is 9.68. The summed E-state index contributed by atoms with van der Waals surface area (Å²) in [6, 6.07) is 5.65. The van der Waals surface area contributed by atoms with Gasteiger partial charge in [0.05, 0.1) is 41.3 Å². The normalized spacial score (nSPS) is 15.7. The zero-order chi connectivity index (χ0) is 21.6. The summed E-state index contributed by atoms with van der Waals surface area (Å²) in [7, 11) is 3.16. The molecule has 5 N–H and O–H groups in total. The maximum Gasteiger partial charge on any atom is 0.141 e. The summed E-state index contributed by atoms with van der Waals surface area (Å²) in [4.78, 5) is 0. The number of rotatable bonds is 4. The first kappa shape index (κ1) is 20.7. The van der Waals surface area contributed by atoms with Crippen LogP contribution < -0.4 is 20.9 Å². The molecule has 0 radical (unpaired) electrons. The molecule has 0 spiro atoms. The van der Waals surface area contributed by atoms with E-state index >= 15 is 0 Å². The molecule has 1 unspecified atom stereocenters. The number of halogens is 2. The van der Waals surface area contributed by atoms with Crippen LogP contribution in [0.2, 0.25) is 10.0 Å². The zero-order valence-corrected chi connectivity index (χ0v) is 18.6. The van der Waals surface area contributed by atoms with Crippen molar-refractivity contribution in [3.63, 3.8) is 0 Å². The quantitative estimate of drug-likeness (QED) is 0.481. The Labute approximate surface area is 185 Å². The van der Waals surface area contributed by atoms with Crippen LogP contribution in [-0.4, -0.2) is 24.4 Å². The summed E-state index contributed by atoms with van der Waals surface area (Å²) in [5, 5.41) is 8.79. The number of methoxy groups -OCH3 is 2. The molecule has 3 aromatic rings. The topological polar surface area (TPSA) is 99.2 Å². The van der Waals surface area contributed by atoms with Crippen molar-refractivity contribution in [1.29, 1.82) is 0 Å². The number of nitrogens with zero attached hydrogens (tertiary/aromatic N) is 1. The van der Waals surface area contributed by atoms with Crippen molar-refractivity contribution in [1.82, 2.24) is 10.2 Å². The fourth-order valence-electron chi connectivity index (χ4n) is 4.19. The molecular weight excluding hydrogens is 423 g/mol. The van der Waals surface area contributed by atoms with Gasteiger partial charge >= 0.3 is 0 Å². The highest BCUT2D eigenvalue weighted by Gasteiger charge is 2.30. The largest absolute Gasteiger partial charge is 0.495 e.